The van der Waals surface area contributed by atoms with Crippen molar-refractivity contribution in [2.45, 2.75) is 26.2 Å². The molecule has 148 valence electrons. The first-order chi connectivity index (χ1) is 13.7. The maximum Gasteiger partial charge on any atom is 0.276 e. The molecule has 0 atom stereocenters. The summed E-state index contributed by atoms with van der Waals surface area (Å²) in [6, 6.07) is 12.3. The summed E-state index contributed by atoms with van der Waals surface area (Å²) in [6.45, 7) is 4.95. The molecule has 0 aromatic carbocycles. The Morgan fingerprint density at radius 2 is 1.55 bits per heavy atom. The molecular weight excluding hydrogens is 378 g/mol. The molecule has 1 N–H and O–H groups in total. The van der Waals surface area contributed by atoms with E-state index < -0.39 is 29.1 Å². The van der Waals surface area contributed by atoms with Crippen molar-refractivity contribution in [1.29, 1.82) is 0 Å². The number of rotatable bonds is 4. The van der Waals surface area contributed by atoms with Gasteiger partial charge in [0.05, 0.1) is 22.6 Å². The molecule has 0 saturated carbocycles. The largest absolute Gasteiger partial charge is 0.291 e. The van der Waals surface area contributed by atoms with Gasteiger partial charge in [0.15, 0.2) is 0 Å². The fraction of sp³-hybridized carbons (Fsp3) is 0.190. The number of amides is 2. The van der Waals surface area contributed by atoms with Crippen molar-refractivity contribution >= 4 is 11.8 Å². The lowest BCUT2D eigenvalue weighted by Gasteiger charge is -2.24. The van der Waals surface area contributed by atoms with E-state index in [2.05, 4.69) is 20.3 Å². The van der Waals surface area contributed by atoms with Crippen molar-refractivity contribution < 1.29 is 18.4 Å². The van der Waals surface area contributed by atoms with Crippen LogP contribution in [0.25, 0.3) is 11.3 Å². The average molecular weight is 396 g/mol. The van der Waals surface area contributed by atoms with E-state index in [1.165, 1.54) is 19.1 Å². The zero-order chi connectivity index (χ0) is 21.2. The lowest BCUT2D eigenvalue weighted by molar-refractivity contribution is -0.118. The maximum atomic E-state index is 14.1. The average Bonchev–Trinajstić information content (AvgIpc) is 2.67. The third-order valence-electron chi connectivity index (χ3n) is 4.39. The number of hydrogen-bond acceptors (Lipinski definition) is 5. The Bertz CT molecular complexity index is 1100. The van der Waals surface area contributed by atoms with E-state index in [9.17, 15) is 18.4 Å². The van der Waals surface area contributed by atoms with E-state index in [1.807, 2.05) is 13.8 Å². The normalized spacial score (nSPS) is 11.2. The van der Waals surface area contributed by atoms with Gasteiger partial charge >= 0.3 is 0 Å². The molecule has 0 aliphatic carbocycles. The monoisotopic (exact) mass is 396 g/mol. The molecule has 29 heavy (non-hydrogen) atoms. The van der Waals surface area contributed by atoms with E-state index in [-0.39, 0.29) is 11.3 Å². The number of aromatic nitrogens is 3. The highest BCUT2D eigenvalue weighted by Gasteiger charge is 2.28. The van der Waals surface area contributed by atoms with Gasteiger partial charge < -0.3 is 0 Å². The van der Waals surface area contributed by atoms with E-state index in [0.29, 0.717) is 17.1 Å². The van der Waals surface area contributed by atoms with E-state index in [1.54, 1.807) is 30.3 Å². The number of nitrogens with zero attached hydrogens (tertiary/aromatic N) is 3. The molecule has 0 saturated heterocycles. The van der Waals surface area contributed by atoms with Gasteiger partial charge in [-0.25, -0.2) is 4.98 Å². The van der Waals surface area contributed by atoms with Gasteiger partial charge in [0, 0.05) is 12.3 Å². The van der Waals surface area contributed by atoms with Crippen molar-refractivity contribution in [2.24, 2.45) is 0 Å². The molecule has 0 spiro atoms. The second-order valence-electron chi connectivity index (χ2n) is 6.92. The van der Waals surface area contributed by atoms with Crippen LogP contribution in [0.2, 0.25) is 0 Å². The fourth-order valence-corrected chi connectivity index (χ4v) is 2.80. The quantitative estimate of drug-likeness (QED) is 0.683. The number of pyridine rings is 3. The highest BCUT2D eigenvalue weighted by molar-refractivity contribution is 6.02. The second-order valence-corrected chi connectivity index (χ2v) is 6.92. The van der Waals surface area contributed by atoms with E-state index in [4.69, 9.17) is 0 Å². The van der Waals surface area contributed by atoms with Crippen molar-refractivity contribution in [3.63, 3.8) is 0 Å². The maximum absolute atomic E-state index is 14.1. The SMILES string of the molecule is CC(=O)NC(=O)c1cccc(C(C)(C)c2cccc(-c3ccc(F)nc3F)n2)n1. The van der Waals surface area contributed by atoms with Crippen LogP contribution >= 0.6 is 0 Å². The number of nitrogens with one attached hydrogen (secondary N) is 1. The van der Waals surface area contributed by atoms with Gasteiger partial charge in [0.1, 0.15) is 5.69 Å². The summed E-state index contributed by atoms with van der Waals surface area (Å²) in [5.74, 6) is -2.94. The van der Waals surface area contributed by atoms with Gasteiger partial charge in [-0.2, -0.15) is 13.8 Å². The van der Waals surface area contributed by atoms with Crippen LogP contribution < -0.4 is 5.32 Å². The molecule has 0 bridgehead atoms. The minimum Gasteiger partial charge on any atom is -0.291 e. The van der Waals surface area contributed by atoms with Gasteiger partial charge in [-0.05, 0) is 50.2 Å². The minimum atomic E-state index is -0.950. The van der Waals surface area contributed by atoms with Crippen molar-refractivity contribution in [2.75, 3.05) is 0 Å². The lowest BCUT2D eigenvalue weighted by Crippen LogP contribution is -2.30. The summed E-state index contributed by atoms with van der Waals surface area (Å²) in [7, 11) is 0. The van der Waals surface area contributed by atoms with Gasteiger partial charge in [0.25, 0.3) is 5.91 Å². The topological polar surface area (TPSA) is 84.8 Å². The predicted molar refractivity (Wildman–Crippen MR) is 102 cm³/mol. The molecule has 0 aliphatic heterocycles. The smallest absolute Gasteiger partial charge is 0.276 e. The highest BCUT2D eigenvalue weighted by atomic mass is 19.1. The Hall–Kier alpha value is -3.55. The third-order valence-corrected chi connectivity index (χ3v) is 4.39. The Morgan fingerprint density at radius 1 is 0.897 bits per heavy atom. The Morgan fingerprint density at radius 3 is 2.21 bits per heavy atom. The number of imide groups is 1. The zero-order valence-electron chi connectivity index (χ0n) is 16.0. The van der Waals surface area contributed by atoms with Gasteiger partial charge in [-0.1, -0.05) is 12.1 Å². The summed E-state index contributed by atoms with van der Waals surface area (Å²) >= 11 is 0. The molecule has 3 heterocycles. The second kappa shape index (κ2) is 7.83. The Balaban J connectivity index is 2.00. The summed E-state index contributed by atoms with van der Waals surface area (Å²) in [5, 5.41) is 2.18. The van der Waals surface area contributed by atoms with Gasteiger partial charge in [-0.3, -0.25) is 19.9 Å². The molecule has 8 heteroatoms. The van der Waals surface area contributed by atoms with Crippen LogP contribution in [0, 0.1) is 11.9 Å². The summed E-state index contributed by atoms with van der Waals surface area (Å²) < 4.78 is 27.2. The summed E-state index contributed by atoms with van der Waals surface area (Å²) in [5.41, 5.74) is 0.826. The molecular formula is C21H18F2N4O2. The van der Waals surface area contributed by atoms with Crippen molar-refractivity contribution in [3.05, 3.63) is 77.5 Å². The van der Waals surface area contributed by atoms with E-state index >= 15 is 0 Å². The first-order valence-corrected chi connectivity index (χ1v) is 8.78. The molecule has 0 aliphatic rings. The first-order valence-electron chi connectivity index (χ1n) is 8.78. The third kappa shape index (κ3) is 4.31. The Labute approximate surface area is 166 Å². The van der Waals surface area contributed by atoms with Crippen LogP contribution in [0.5, 0.6) is 0 Å². The zero-order valence-corrected chi connectivity index (χ0v) is 16.0. The van der Waals surface area contributed by atoms with Crippen molar-refractivity contribution in [1.82, 2.24) is 20.3 Å². The van der Waals surface area contributed by atoms with Gasteiger partial charge in [0.2, 0.25) is 17.8 Å². The van der Waals surface area contributed by atoms with Crippen LogP contribution in [-0.4, -0.2) is 26.8 Å². The van der Waals surface area contributed by atoms with Crippen LogP contribution in [0.4, 0.5) is 8.78 Å². The van der Waals surface area contributed by atoms with Crippen molar-refractivity contribution in [3.8, 4) is 11.3 Å². The fourth-order valence-electron chi connectivity index (χ4n) is 2.80. The number of carbonyl (C=O) groups excluding carboxylic acids is 2. The van der Waals surface area contributed by atoms with Crippen LogP contribution in [0.15, 0.2) is 48.5 Å². The van der Waals surface area contributed by atoms with E-state index in [0.717, 1.165) is 6.07 Å². The minimum absolute atomic E-state index is 0.0756. The first kappa shape index (κ1) is 20.2. The molecule has 2 amide bonds. The lowest BCUT2D eigenvalue weighted by atomic mass is 9.84. The molecule has 3 rings (SSSR count). The standard InChI is InChI=1S/C21H18F2N4O2/c1-12(28)24-20(29)15-7-5-9-17(26-15)21(2,3)16-8-4-6-14(25-16)13-10-11-18(22)27-19(13)23/h4-11H,1-3H3,(H,24,28,29). The molecule has 6 nitrogen and oxygen atoms in total. The molecule has 3 aromatic heterocycles. The van der Waals surface area contributed by atoms with Crippen LogP contribution in [0.3, 0.4) is 0 Å². The number of halogens is 2. The van der Waals surface area contributed by atoms with Crippen LogP contribution in [-0.2, 0) is 10.2 Å². The predicted octanol–water partition coefficient (Wildman–Crippen LogP) is 3.42. The molecule has 0 unspecified atom stereocenters. The summed E-state index contributed by atoms with van der Waals surface area (Å²) in [6.07, 6.45) is 0. The number of carbonyl (C=O) groups is 2. The Kier molecular flexibility index (Phi) is 5.45. The van der Waals surface area contributed by atoms with Gasteiger partial charge in [-0.15, -0.1) is 0 Å². The molecule has 0 fully saturated rings. The molecule has 0 radical (unpaired) electrons. The number of hydrogen-bond donors (Lipinski definition) is 1. The highest BCUT2D eigenvalue weighted by Crippen LogP contribution is 2.31. The van der Waals surface area contributed by atoms with Crippen LogP contribution in [0.1, 0.15) is 42.6 Å². The summed E-state index contributed by atoms with van der Waals surface area (Å²) in [4.78, 5) is 35.3. The molecule has 3 aromatic rings.